The van der Waals surface area contributed by atoms with Crippen LogP contribution in [0.1, 0.15) is 51.9 Å². The predicted octanol–water partition coefficient (Wildman–Crippen LogP) is 1.72. The first-order chi connectivity index (χ1) is 10.0. The van der Waals surface area contributed by atoms with Gasteiger partial charge in [-0.1, -0.05) is 26.2 Å². The van der Waals surface area contributed by atoms with Gasteiger partial charge in [-0.05, 0) is 51.1 Å². The van der Waals surface area contributed by atoms with E-state index < -0.39 is 10.2 Å². The first-order valence-corrected chi connectivity index (χ1v) is 9.89. The SMILES string of the molecule is CNCC1CCCN(S(=O)(=O)NC2CCCCCC2C)C1. The van der Waals surface area contributed by atoms with Crippen LogP contribution in [0.2, 0.25) is 0 Å². The number of hydrogen-bond acceptors (Lipinski definition) is 3. The fraction of sp³-hybridized carbons (Fsp3) is 1.00. The highest BCUT2D eigenvalue weighted by Crippen LogP contribution is 2.25. The Kier molecular flexibility index (Phi) is 6.47. The summed E-state index contributed by atoms with van der Waals surface area (Å²) in [5, 5.41) is 3.16. The van der Waals surface area contributed by atoms with Crippen molar-refractivity contribution in [3.05, 3.63) is 0 Å². The van der Waals surface area contributed by atoms with Crippen molar-refractivity contribution < 1.29 is 8.42 Å². The Morgan fingerprint density at radius 2 is 1.86 bits per heavy atom. The van der Waals surface area contributed by atoms with Gasteiger partial charge >= 0.3 is 0 Å². The Morgan fingerprint density at radius 1 is 1.10 bits per heavy atom. The van der Waals surface area contributed by atoms with E-state index in [0.29, 0.717) is 24.9 Å². The van der Waals surface area contributed by atoms with E-state index >= 15 is 0 Å². The van der Waals surface area contributed by atoms with Crippen LogP contribution in [0.25, 0.3) is 0 Å². The second-order valence-electron chi connectivity index (χ2n) is 6.77. The van der Waals surface area contributed by atoms with Gasteiger partial charge in [0.1, 0.15) is 0 Å². The minimum Gasteiger partial charge on any atom is -0.319 e. The third-order valence-corrected chi connectivity index (χ3v) is 6.59. The summed E-state index contributed by atoms with van der Waals surface area (Å²) < 4.78 is 30.0. The number of nitrogens with one attached hydrogen (secondary N) is 2. The summed E-state index contributed by atoms with van der Waals surface area (Å²) in [6.07, 6.45) is 7.80. The first kappa shape index (κ1) is 17.2. The van der Waals surface area contributed by atoms with Gasteiger partial charge in [-0.3, -0.25) is 0 Å². The molecule has 6 heteroatoms. The summed E-state index contributed by atoms with van der Waals surface area (Å²) in [5.74, 6) is 0.882. The molecule has 1 aliphatic heterocycles. The van der Waals surface area contributed by atoms with Gasteiger partial charge < -0.3 is 5.32 Å². The number of nitrogens with zero attached hydrogens (tertiary/aromatic N) is 1. The highest BCUT2D eigenvalue weighted by Gasteiger charge is 2.32. The van der Waals surface area contributed by atoms with Gasteiger partial charge in [0, 0.05) is 19.1 Å². The Labute approximate surface area is 130 Å². The third kappa shape index (κ3) is 4.91. The molecule has 3 unspecified atom stereocenters. The van der Waals surface area contributed by atoms with Crippen molar-refractivity contribution in [3.63, 3.8) is 0 Å². The van der Waals surface area contributed by atoms with Crippen molar-refractivity contribution in [1.82, 2.24) is 14.3 Å². The van der Waals surface area contributed by atoms with Crippen LogP contribution in [0, 0.1) is 11.8 Å². The second kappa shape index (κ2) is 7.90. The van der Waals surface area contributed by atoms with Gasteiger partial charge in [0.2, 0.25) is 0 Å². The highest BCUT2D eigenvalue weighted by molar-refractivity contribution is 7.87. The molecule has 2 fully saturated rings. The maximum Gasteiger partial charge on any atom is 0.279 e. The zero-order chi connectivity index (χ0) is 15.3. The lowest BCUT2D eigenvalue weighted by molar-refractivity contribution is 0.256. The molecule has 0 aromatic heterocycles. The first-order valence-electron chi connectivity index (χ1n) is 8.45. The summed E-state index contributed by atoms with van der Waals surface area (Å²) in [6.45, 7) is 4.39. The van der Waals surface area contributed by atoms with Crippen LogP contribution in [0.5, 0.6) is 0 Å². The molecule has 1 heterocycles. The van der Waals surface area contributed by atoms with Crippen LogP contribution in [-0.4, -0.2) is 45.4 Å². The molecule has 21 heavy (non-hydrogen) atoms. The van der Waals surface area contributed by atoms with Crippen LogP contribution in [0.15, 0.2) is 0 Å². The molecule has 0 spiro atoms. The fourth-order valence-electron chi connectivity index (χ4n) is 3.63. The molecule has 0 amide bonds. The standard InChI is InChI=1S/C15H31N3O2S/c1-13-7-4-3-5-9-15(13)17-21(19,20)18-10-6-8-14(12-18)11-16-2/h13-17H,3-12H2,1-2H3. The summed E-state index contributed by atoms with van der Waals surface area (Å²) in [6, 6.07) is 0.113. The molecular weight excluding hydrogens is 286 g/mol. The van der Waals surface area contributed by atoms with Crippen LogP contribution in [0.4, 0.5) is 0 Å². The Hall–Kier alpha value is -0.170. The molecule has 124 valence electrons. The van der Waals surface area contributed by atoms with E-state index in [9.17, 15) is 8.42 Å². The van der Waals surface area contributed by atoms with Gasteiger partial charge in [-0.25, -0.2) is 0 Å². The molecule has 5 nitrogen and oxygen atoms in total. The molecule has 0 aromatic carbocycles. The van der Waals surface area contributed by atoms with Crippen LogP contribution in [-0.2, 0) is 10.2 Å². The molecule has 0 radical (unpaired) electrons. The summed E-state index contributed by atoms with van der Waals surface area (Å²) in [5.41, 5.74) is 0. The van der Waals surface area contributed by atoms with E-state index in [1.54, 1.807) is 4.31 Å². The average Bonchev–Trinajstić information content (AvgIpc) is 2.65. The Bertz CT molecular complexity index is 411. The molecule has 1 saturated carbocycles. The molecular formula is C15H31N3O2S. The minimum absolute atomic E-state index is 0.113. The molecule has 2 N–H and O–H groups in total. The third-order valence-electron chi connectivity index (χ3n) is 4.98. The van der Waals surface area contributed by atoms with Crippen molar-refractivity contribution in [2.45, 2.75) is 57.9 Å². The lowest BCUT2D eigenvalue weighted by atomic mass is 9.98. The normalized spacial score (nSPS) is 32.8. The minimum atomic E-state index is -3.33. The van der Waals surface area contributed by atoms with Gasteiger partial charge in [0.15, 0.2) is 0 Å². The second-order valence-corrected chi connectivity index (χ2v) is 8.47. The predicted molar refractivity (Wildman–Crippen MR) is 86.3 cm³/mol. The summed E-state index contributed by atoms with van der Waals surface area (Å²) in [4.78, 5) is 0. The Balaban J connectivity index is 1.96. The van der Waals surface area contributed by atoms with Gasteiger partial charge in [0.25, 0.3) is 10.2 Å². The molecule has 0 bridgehead atoms. The summed E-state index contributed by atoms with van der Waals surface area (Å²) >= 11 is 0. The molecule has 1 saturated heterocycles. The number of rotatable bonds is 5. The van der Waals surface area contributed by atoms with Crippen molar-refractivity contribution >= 4 is 10.2 Å². The van der Waals surface area contributed by atoms with Crippen LogP contribution in [0.3, 0.4) is 0 Å². The van der Waals surface area contributed by atoms with E-state index in [-0.39, 0.29) is 6.04 Å². The lowest BCUT2D eigenvalue weighted by Crippen LogP contribution is -2.51. The maximum absolute atomic E-state index is 12.7. The highest BCUT2D eigenvalue weighted by atomic mass is 32.2. The van der Waals surface area contributed by atoms with E-state index in [2.05, 4.69) is 17.0 Å². The zero-order valence-electron chi connectivity index (χ0n) is 13.5. The maximum atomic E-state index is 12.7. The van der Waals surface area contributed by atoms with Crippen molar-refractivity contribution in [3.8, 4) is 0 Å². The van der Waals surface area contributed by atoms with Gasteiger partial charge in [0.05, 0.1) is 0 Å². The molecule has 0 aromatic rings. The molecule has 1 aliphatic carbocycles. The van der Waals surface area contributed by atoms with Gasteiger partial charge in [-0.15, -0.1) is 0 Å². The van der Waals surface area contributed by atoms with Crippen LogP contribution >= 0.6 is 0 Å². The van der Waals surface area contributed by atoms with E-state index in [1.165, 1.54) is 12.8 Å². The average molecular weight is 317 g/mol. The summed E-state index contributed by atoms with van der Waals surface area (Å²) in [7, 11) is -1.40. The Morgan fingerprint density at radius 3 is 2.62 bits per heavy atom. The van der Waals surface area contributed by atoms with E-state index in [1.807, 2.05) is 7.05 Å². The number of piperidine rings is 1. The van der Waals surface area contributed by atoms with E-state index in [0.717, 1.165) is 38.6 Å². The van der Waals surface area contributed by atoms with E-state index in [4.69, 9.17) is 0 Å². The van der Waals surface area contributed by atoms with Crippen molar-refractivity contribution in [2.24, 2.45) is 11.8 Å². The molecule has 3 atom stereocenters. The monoisotopic (exact) mass is 317 g/mol. The zero-order valence-corrected chi connectivity index (χ0v) is 14.3. The molecule has 2 aliphatic rings. The van der Waals surface area contributed by atoms with Crippen molar-refractivity contribution in [2.75, 3.05) is 26.7 Å². The van der Waals surface area contributed by atoms with Gasteiger partial charge in [-0.2, -0.15) is 17.4 Å². The topological polar surface area (TPSA) is 61.4 Å². The largest absolute Gasteiger partial charge is 0.319 e. The number of hydrogen-bond donors (Lipinski definition) is 2. The smallest absolute Gasteiger partial charge is 0.279 e. The van der Waals surface area contributed by atoms with Crippen LogP contribution < -0.4 is 10.0 Å². The lowest BCUT2D eigenvalue weighted by Gasteiger charge is -2.34. The quantitative estimate of drug-likeness (QED) is 0.759. The van der Waals surface area contributed by atoms with Crippen molar-refractivity contribution in [1.29, 1.82) is 0 Å². The molecule has 2 rings (SSSR count). The fourth-order valence-corrected chi connectivity index (χ4v) is 5.29.